The lowest BCUT2D eigenvalue weighted by molar-refractivity contribution is 0.128. The first kappa shape index (κ1) is 15.7. The molecule has 0 saturated carbocycles. The first-order valence-corrected chi connectivity index (χ1v) is 9.39. The highest BCUT2D eigenvalue weighted by atomic mass is 35.5. The van der Waals surface area contributed by atoms with Gasteiger partial charge in [0.2, 0.25) is 5.88 Å². The zero-order chi connectivity index (χ0) is 15.6. The average Bonchev–Trinajstić information content (AvgIpc) is 2.96. The van der Waals surface area contributed by atoms with Gasteiger partial charge in [-0.1, -0.05) is 11.6 Å². The van der Waals surface area contributed by atoms with Crippen LogP contribution in [0, 0.1) is 0 Å². The second kappa shape index (κ2) is 6.49. The molecule has 0 unspecified atom stereocenters. The number of piperidine rings is 1. The van der Waals surface area contributed by atoms with E-state index in [4.69, 9.17) is 16.3 Å². The van der Waals surface area contributed by atoms with E-state index in [1.165, 1.54) is 4.31 Å². The molecule has 3 heterocycles. The normalized spacial score (nSPS) is 17.5. The number of ether oxygens (including phenoxy) is 1. The van der Waals surface area contributed by atoms with Gasteiger partial charge in [0.15, 0.2) is 0 Å². The molecular formula is C13H14ClN3O3S2. The first-order chi connectivity index (χ1) is 10.6. The van der Waals surface area contributed by atoms with Crippen LogP contribution >= 0.6 is 22.9 Å². The van der Waals surface area contributed by atoms with Gasteiger partial charge in [-0.15, -0.1) is 16.4 Å². The topological polar surface area (TPSA) is 72.4 Å². The third kappa shape index (κ3) is 3.40. The van der Waals surface area contributed by atoms with Gasteiger partial charge in [0.05, 0.1) is 4.34 Å². The Kier molecular flexibility index (Phi) is 4.62. The summed E-state index contributed by atoms with van der Waals surface area (Å²) in [6.07, 6.45) is 2.77. The summed E-state index contributed by atoms with van der Waals surface area (Å²) in [6, 6.07) is 6.64. The standard InChI is InChI=1S/C13H14ClN3O3S2/c14-11-3-4-13(21-11)22(18,19)17-8-5-10(6-9-17)20-12-2-1-7-15-16-12/h1-4,7,10H,5-6,8-9H2. The zero-order valence-corrected chi connectivity index (χ0v) is 13.9. The van der Waals surface area contributed by atoms with Crippen LogP contribution in [0.2, 0.25) is 4.34 Å². The number of rotatable bonds is 4. The molecule has 0 N–H and O–H groups in total. The Hall–Kier alpha value is -1.22. The number of hydrogen-bond donors (Lipinski definition) is 0. The fourth-order valence-electron chi connectivity index (χ4n) is 2.27. The van der Waals surface area contributed by atoms with Crippen molar-refractivity contribution in [2.75, 3.05) is 13.1 Å². The molecule has 3 rings (SSSR count). The van der Waals surface area contributed by atoms with E-state index in [9.17, 15) is 8.42 Å². The van der Waals surface area contributed by atoms with Crippen molar-refractivity contribution in [2.24, 2.45) is 0 Å². The molecule has 0 aromatic carbocycles. The fraction of sp³-hybridized carbons (Fsp3) is 0.385. The van der Waals surface area contributed by atoms with Crippen LogP contribution in [0.15, 0.2) is 34.7 Å². The minimum atomic E-state index is -3.45. The van der Waals surface area contributed by atoms with E-state index in [0.717, 1.165) is 11.3 Å². The van der Waals surface area contributed by atoms with Gasteiger partial charge in [-0.05, 0) is 31.0 Å². The molecule has 118 valence electrons. The van der Waals surface area contributed by atoms with Gasteiger partial charge < -0.3 is 4.74 Å². The van der Waals surface area contributed by atoms with Crippen LogP contribution in [0.5, 0.6) is 5.88 Å². The monoisotopic (exact) mass is 359 g/mol. The van der Waals surface area contributed by atoms with Crippen LogP contribution in [0.4, 0.5) is 0 Å². The lowest BCUT2D eigenvalue weighted by Gasteiger charge is -2.30. The van der Waals surface area contributed by atoms with E-state index in [1.807, 2.05) is 0 Å². The van der Waals surface area contributed by atoms with Crippen molar-refractivity contribution in [3.8, 4) is 5.88 Å². The van der Waals surface area contributed by atoms with Gasteiger partial charge in [-0.2, -0.15) is 9.40 Å². The molecule has 0 bridgehead atoms. The Morgan fingerprint density at radius 3 is 2.64 bits per heavy atom. The zero-order valence-electron chi connectivity index (χ0n) is 11.6. The number of aromatic nitrogens is 2. The predicted molar refractivity (Wildman–Crippen MR) is 83.8 cm³/mol. The summed E-state index contributed by atoms with van der Waals surface area (Å²) in [5, 5.41) is 7.63. The number of thiophene rings is 1. The number of hydrogen-bond acceptors (Lipinski definition) is 6. The minimum Gasteiger partial charge on any atom is -0.473 e. The number of sulfonamides is 1. The fourth-order valence-corrected chi connectivity index (χ4v) is 5.38. The maximum Gasteiger partial charge on any atom is 0.252 e. The van der Waals surface area contributed by atoms with Crippen LogP contribution in [-0.2, 0) is 10.0 Å². The van der Waals surface area contributed by atoms with Gasteiger partial charge in [0, 0.05) is 25.4 Å². The molecule has 0 radical (unpaired) electrons. The Morgan fingerprint density at radius 1 is 1.27 bits per heavy atom. The van der Waals surface area contributed by atoms with Crippen molar-refractivity contribution in [1.29, 1.82) is 0 Å². The summed E-state index contributed by atoms with van der Waals surface area (Å²) in [5.74, 6) is 0.467. The third-order valence-corrected chi connectivity index (χ3v) is 6.98. The summed E-state index contributed by atoms with van der Waals surface area (Å²) in [6.45, 7) is 0.839. The van der Waals surface area contributed by atoms with Crippen molar-refractivity contribution < 1.29 is 13.2 Å². The van der Waals surface area contributed by atoms with Gasteiger partial charge in [-0.25, -0.2) is 8.42 Å². The predicted octanol–water partition coefficient (Wildman–Crippen LogP) is 2.42. The highest BCUT2D eigenvalue weighted by Gasteiger charge is 2.31. The molecule has 22 heavy (non-hydrogen) atoms. The lowest BCUT2D eigenvalue weighted by Crippen LogP contribution is -2.41. The largest absolute Gasteiger partial charge is 0.473 e. The van der Waals surface area contributed by atoms with Crippen molar-refractivity contribution in [1.82, 2.24) is 14.5 Å². The second-order valence-electron chi connectivity index (χ2n) is 4.84. The molecule has 1 aliphatic rings. The minimum absolute atomic E-state index is 0.0462. The molecule has 2 aromatic heterocycles. The van der Waals surface area contributed by atoms with Gasteiger partial charge in [0.1, 0.15) is 10.3 Å². The molecule has 6 nitrogen and oxygen atoms in total. The van der Waals surface area contributed by atoms with Crippen LogP contribution in [0.1, 0.15) is 12.8 Å². The van der Waals surface area contributed by atoms with Crippen molar-refractivity contribution in [3.63, 3.8) is 0 Å². The summed E-state index contributed by atoms with van der Waals surface area (Å²) in [5.41, 5.74) is 0. The van der Waals surface area contributed by atoms with Crippen LogP contribution in [-0.4, -0.2) is 42.1 Å². The molecule has 2 aromatic rings. The van der Waals surface area contributed by atoms with Crippen molar-refractivity contribution in [3.05, 3.63) is 34.8 Å². The summed E-state index contributed by atoms with van der Waals surface area (Å²) < 4.78 is 32.9. The van der Waals surface area contributed by atoms with Crippen molar-refractivity contribution >= 4 is 33.0 Å². The first-order valence-electron chi connectivity index (χ1n) is 6.75. The Morgan fingerprint density at radius 2 is 2.05 bits per heavy atom. The number of nitrogens with zero attached hydrogens (tertiary/aromatic N) is 3. The summed E-state index contributed by atoms with van der Waals surface area (Å²) in [7, 11) is -3.45. The van der Waals surface area contributed by atoms with E-state index in [-0.39, 0.29) is 10.3 Å². The maximum atomic E-state index is 12.5. The molecule has 1 saturated heterocycles. The SMILES string of the molecule is O=S(=O)(c1ccc(Cl)s1)N1CCC(Oc2cccnn2)CC1. The second-order valence-corrected chi connectivity index (χ2v) is 8.72. The summed E-state index contributed by atoms with van der Waals surface area (Å²) in [4.78, 5) is 0. The van der Waals surface area contributed by atoms with E-state index in [1.54, 1.807) is 30.5 Å². The van der Waals surface area contributed by atoms with Crippen molar-refractivity contribution in [2.45, 2.75) is 23.2 Å². The van der Waals surface area contributed by atoms with Gasteiger partial charge in [0.25, 0.3) is 10.0 Å². The van der Waals surface area contributed by atoms with Crippen LogP contribution in [0.3, 0.4) is 0 Å². The molecule has 1 aliphatic heterocycles. The highest BCUT2D eigenvalue weighted by Crippen LogP contribution is 2.30. The van der Waals surface area contributed by atoms with Gasteiger partial charge in [-0.3, -0.25) is 0 Å². The molecular weight excluding hydrogens is 346 g/mol. The smallest absolute Gasteiger partial charge is 0.252 e. The Bertz CT molecular complexity index is 728. The molecule has 1 fully saturated rings. The molecule has 0 spiro atoms. The maximum absolute atomic E-state index is 12.5. The van der Waals surface area contributed by atoms with Gasteiger partial charge >= 0.3 is 0 Å². The van der Waals surface area contributed by atoms with E-state index in [0.29, 0.717) is 36.1 Å². The quantitative estimate of drug-likeness (QED) is 0.838. The number of halogens is 1. The lowest BCUT2D eigenvalue weighted by atomic mass is 10.1. The molecule has 0 aliphatic carbocycles. The molecule has 0 atom stereocenters. The van der Waals surface area contributed by atoms with E-state index < -0.39 is 10.0 Å². The Balaban J connectivity index is 1.62. The average molecular weight is 360 g/mol. The van der Waals surface area contributed by atoms with E-state index in [2.05, 4.69) is 10.2 Å². The highest BCUT2D eigenvalue weighted by molar-refractivity contribution is 7.91. The summed E-state index contributed by atoms with van der Waals surface area (Å²) >= 11 is 6.90. The van der Waals surface area contributed by atoms with Crippen LogP contribution < -0.4 is 4.74 Å². The molecule has 0 amide bonds. The van der Waals surface area contributed by atoms with E-state index >= 15 is 0 Å². The Labute approximate surface area is 137 Å². The van der Waals surface area contributed by atoms with Crippen LogP contribution in [0.25, 0.3) is 0 Å². The third-order valence-electron chi connectivity index (χ3n) is 3.38. The molecule has 9 heteroatoms.